The minimum atomic E-state index is 0.860. The van der Waals surface area contributed by atoms with Crippen LogP contribution in [-0.2, 0) is 0 Å². The highest BCUT2D eigenvalue weighted by molar-refractivity contribution is 8.01. The van der Waals surface area contributed by atoms with Crippen molar-refractivity contribution in [2.45, 2.75) is 23.2 Å². The van der Waals surface area contributed by atoms with Crippen LogP contribution in [0.3, 0.4) is 0 Å². The number of hydrogen-bond acceptors (Lipinski definition) is 6. The van der Waals surface area contributed by atoms with Crippen LogP contribution in [0, 0.1) is 6.92 Å². The van der Waals surface area contributed by atoms with Crippen LogP contribution in [0.5, 0.6) is 0 Å². The van der Waals surface area contributed by atoms with E-state index >= 15 is 0 Å². The Balaban J connectivity index is 2.24. The molecule has 2 aromatic rings. The van der Waals surface area contributed by atoms with Crippen molar-refractivity contribution >= 4 is 28.9 Å². The normalized spacial score (nSPS) is 10.4. The molecule has 1 N–H and O–H groups in total. The highest BCUT2D eigenvalue weighted by atomic mass is 32.2. The van der Waals surface area contributed by atoms with Gasteiger partial charge in [-0.3, -0.25) is 0 Å². The Morgan fingerprint density at radius 3 is 2.94 bits per heavy atom. The molecular formula is C10H12N4S2. The predicted octanol–water partition coefficient (Wildman–Crippen LogP) is 2.82. The smallest absolute Gasteiger partial charge is 0.156 e. The summed E-state index contributed by atoms with van der Waals surface area (Å²) < 4.78 is 1.00. The molecule has 0 fully saturated rings. The predicted molar refractivity (Wildman–Crippen MR) is 67.2 cm³/mol. The van der Waals surface area contributed by atoms with Crippen LogP contribution in [0.15, 0.2) is 27.3 Å². The Morgan fingerprint density at radius 2 is 2.25 bits per heavy atom. The average Bonchev–Trinajstić information content (AvgIpc) is 2.77. The van der Waals surface area contributed by atoms with Crippen molar-refractivity contribution < 1.29 is 0 Å². The van der Waals surface area contributed by atoms with E-state index < -0.39 is 0 Å². The van der Waals surface area contributed by atoms with E-state index in [1.807, 2.05) is 12.3 Å². The van der Waals surface area contributed by atoms with E-state index in [0.29, 0.717) is 0 Å². The van der Waals surface area contributed by atoms with Gasteiger partial charge in [-0.25, -0.2) is 15.0 Å². The maximum Gasteiger partial charge on any atom is 0.156 e. The zero-order valence-corrected chi connectivity index (χ0v) is 10.7. The number of anilines is 1. The molecule has 0 radical (unpaired) electrons. The van der Waals surface area contributed by atoms with Crippen LogP contribution in [0.1, 0.15) is 12.5 Å². The second kappa shape index (κ2) is 5.27. The zero-order valence-electron chi connectivity index (χ0n) is 9.10. The zero-order chi connectivity index (χ0) is 11.4. The van der Waals surface area contributed by atoms with Gasteiger partial charge >= 0.3 is 0 Å². The third-order valence-corrected chi connectivity index (χ3v) is 3.96. The summed E-state index contributed by atoms with van der Waals surface area (Å²) >= 11 is 3.19. The fourth-order valence-corrected chi connectivity index (χ4v) is 2.81. The molecule has 0 atom stereocenters. The van der Waals surface area contributed by atoms with E-state index in [0.717, 1.165) is 27.3 Å². The number of nitrogens with one attached hydrogen (secondary N) is 1. The summed E-state index contributed by atoms with van der Waals surface area (Å²) in [7, 11) is 0. The molecule has 0 bridgehead atoms. The van der Waals surface area contributed by atoms with Crippen molar-refractivity contribution in [3.63, 3.8) is 0 Å². The van der Waals surface area contributed by atoms with Gasteiger partial charge in [0.2, 0.25) is 0 Å². The van der Waals surface area contributed by atoms with Crippen molar-refractivity contribution in [3.8, 4) is 0 Å². The molecule has 0 saturated carbocycles. The highest BCUT2D eigenvalue weighted by Crippen LogP contribution is 2.31. The van der Waals surface area contributed by atoms with Gasteiger partial charge in [-0.1, -0.05) is 0 Å². The van der Waals surface area contributed by atoms with E-state index in [-0.39, 0.29) is 0 Å². The van der Waals surface area contributed by atoms with Gasteiger partial charge in [-0.15, -0.1) is 11.3 Å². The van der Waals surface area contributed by atoms with Crippen LogP contribution in [0.4, 0.5) is 5.82 Å². The standard InChI is InChI=1S/C10H12N4S2/c1-3-11-8-7(2)9(14-6-13-8)16-10-12-4-5-15-10/h4-6H,3H2,1-2H3,(H,11,13,14). The van der Waals surface area contributed by atoms with E-state index in [1.54, 1.807) is 35.6 Å². The topological polar surface area (TPSA) is 50.7 Å². The molecule has 4 nitrogen and oxygen atoms in total. The van der Waals surface area contributed by atoms with Crippen LogP contribution in [0.2, 0.25) is 0 Å². The molecule has 84 valence electrons. The summed E-state index contributed by atoms with van der Waals surface area (Å²) in [4.78, 5) is 12.7. The molecule has 0 aliphatic carbocycles. The molecular weight excluding hydrogens is 240 g/mol. The van der Waals surface area contributed by atoms with Gasteiger partial charge in [0.1, 0.15) is 17.2 Å². The lowest BCUT2D eigenvalue weighted by Gasteiger charge is -2.08. The van der Waals surface area contributed by atoms with Crippen LogP contribution >= 0.6 is 23.1 Å². The first-order valence-corrected chi connectivity index (χ1v) is 6.63. The molecule has 16 heavy (non-hydrogen) atoms. The fourth-order valence-electron chi connectivity index (χ4n) is 1.23. The number of nitrogens with zero attached hydrogens (tertiary/aromatic N) is 3. The molecule has 0 unspecified atom stereocenters. The van der Waals surface area contributed by atoms with Crippen LogP contribution in [-0.4, -0.2) is 21.5 Å². The summed E-state index contributed by atoms with van der Waals surface area (Å²) in [6.07, 6.45) is 3.38. The fraction of sp³-hybridized carbons (Fsp3) is 0.300. The summed E-state index contributed by atoms with van der Waals surface area (Å²) in [5.41, 5.74) is 1.07. The first-order valence-electron chi connectivity index (χ1n) is 4.94. The average molecular weight is 252 g/mol. The molecule has 0 aliphatic heterocycles. The minimum Gasteiger partial charge on any atom is -0.370 e. The van der Waals surface area contributed by atoms with Gasteiger partial charge in [-0.2, -0.15) is 0 Å². The van der Waals surface area contributed by atoms with E-state index in [2.05, 4.69) is 27.2 Å². The Bertz CT molecular complexity index is 456. The summed E-state index contributed by atoms with van der Waals surface area (Å²) in [6, 6.07) is 0. The van der Waals surface area contributed by atoms with Crippen LogP contribution in [0.25, 0.3) is 0 Å². The maximum atomic E-state index is 4.27. The molecule has 2 aromatic heterocycles. The quantitative estimate of drug-likeness (QED) is 0.848. The van der Waals surface area contributed by atoms with Gasteiger partial charge in [-0.05, 0) is 25.6 Å². The van der Waals surface area contributed by atoms with E-state index in [1.165, 1.54) is 0 Å². The summed E-state index contributed by atoms with van der Waals surface area (Å²) in [5, 5.41) is 6.14. The number of hydrogen-bond donors (Lipinski definition) is 1. The lowest BCUT2D eigenvalue weighted by molar-refractivity contribution is 0.989. The third-order valence-electron chi connectivity index (χ3n) is 1.98. The van der Waals surface area contributed by atoms with Gasteiger partial charge in [0, 0.05) is 23.7 Å². The van der Waals surface area contributed by atoms with E-state index in [4.69, 9.17) is 0 Å². The number of rotatable bonds is 4. The molecule has 2 rings (SSSR count). The van der Waals surface area contributed by atoms with E-state index in [9.17, 15) is 0 Å². The van der Waals surface area contributed by atoms with Crippen molar-refractivity contribution in [1.29, 1.82) is 0 Å². The lowest BCUT2D eigenvalue weighted by atomic mass is 10.3. The Hall–Kier alpha value is -1.14. The molecule has 2 heterocycles. The molecule has 0 aromatic carbocycles. The van der Waals surface area contributed by atoms with Crippen molar-refractivity contribution in [2.24, 2.45) is 0 Å². The first-order chi connectivity index (χ1) is 7.81. The lowest BCUT2D eigenvalue weighted by Crippen LogP contribution is -2.03. The number of aromatic nitrogens is 3. The minimum absolute atomic E-state index is 0.860. The molecule has 0 spiro atoms. The van der Waals surface area contributed by atoms with Crippen molar-refractivity contribution in [3.05, 3.63) is 23.5 Å². The van der Waals surface area contributed by atoms with Gasteiger partial charge in [0.25, 0.3) is 0 Å². The monoisotopic (exact) mass is 252 g/mol. The van der Waals surface area contributed by atoms with Gasteiger partial charge in [0.15, 0.2) is 4.34 Å². The molecule has 0 amide bonds. The Kier molecular flexibility index (Phi) is 3.74. The molecule has 6 heteroatoms. The third kappa shape index (κ3) is 2.51. The first kappa shape index (κ1) is 11.3. The second-order valence-electron chi connectivity index (χ2n) is 3.08. The van der Waals surface area contributed by atoms with Gasteiger partial charge in [0.05, 0.1) is 0 Å². The molecule has 0 aliphatic rings. The largest absolute Gasteiger partial charge is 0.370 e. The summed E-state index contributed by atoms with van der Waals surface area (Å²) in [6.45, 7) is 4.93. The highest BCUT2D eigenvalue weighted by Gasteiger charge is 2.08. The Morgan fingerprint density at radius 1 is 1.38 bits per heavy atom. The maximum absolute atomic E-state index is 4.27. The van der Waals surface area contributed by atoms with Crippen molar-refractivity contribution in [2.75, 3.05) is 11.9 Å². The Labute approximate surface area is 103 Å². The number of thiazole rings is 1. The van der Waals surface area contributed by atoms with Crippen LogP contribution < -0.4 is 5.32 Å². The van der Waals surface area contributed by atoms with Crippen molar-refractivity contribution in [1.82, 2.24) is 15.0 Å². The van der Waals surface area contributed by atoms with Gasteiger partial charge < -0.3 is 5.32 Å². The summed E-state index contributed by atoms with van der Waals surface area (Å²) in [5.74, 6) is 0.900. The molecule has 0 saturated heterocycles. The SMILES string of the molecule is CCNc1ncnc(Sc2nccs2)c1C. The second-order valence-corrected chi connectivity index (χ2v) is 5.21.